The Balaban J connectivity index is 3.02. The van der Waals surface area contributed by atoms with Gasteiger partial charge in [0.05, 0.1) is 0 Å². The van der Waals surface area contributed by atoms with E-state index in [0.717, 1.165) is 20.8 Å². The molecule has 40 heavy (non-hydrogen) atoms. The summed E-state index contributed by atoms with van der Waals surface area (Å²) in [5.74, 6) is -5.90. The monoisotopic (exact) mass is 576 g/mol. The zero-order chi connectivity index (χ0) is 30.7. The molecule has 7 N–H and O–H groups in total. The smallest absolute Gasteiger partial charge is 0.303 e. The highest BCUT2D eigenvalue weighted by Crippen LogP contribution is 2.28. The average Bonchev–Trinajstić information content (AvgIpc) is 3.12. The van der Waals surface area contributed by atoms with Crippen molar-refractivity contribution in [3.63, 3.8) is 0 Å². The largest absolute Gasteiger partial charge is 0.481 e. The first-order chi connectivity index (χ1) is 18.5. The molecular formula is C23H36N4O13. The molecule has 0 aromatic heterocycles. The van der Waals surface area contributed by atoms with E-state index in [1.807, 2.05) is 0 Å². The number of carbonyl (C=O) groups is 7. The van der Waals surface area contributed by atoms with Crippen LogP contribution in [0.4, 0.5) is 0 Å². The number of aliphatic hydroxyl groups is 1. The molecule has 0 radical (unpaired) electrons. The Kier molecular flexibility index (Phi) is 13.4. The number of hydrogen-bond donors (Lipinski definition) is 6. The lowest BCUT2D eigenvalue weighted by molar-refractivity contribution is -0.183. The molecule has 0 aromatic carbocycles. The van der Waals surface area contributed by atoms with E-state index in [4.69, 9.17) is 29.8 Å². The summed E-state index contributed by atoms with van der Waals surface area (Å²) < 4.78 is 21.3. The number of aliphatic carboxylic acids is 1. The number of carboxylic acid groups (broad SMARTS) is 1. The molecule has 1 rings (SSSR count). The minimum absolute atomic E-state index is 0.261. The molecule has 0 aromatic rings. The van der Waals surface area contributed by atoms with Crippen LogP contribution in [0.15, 0.2) is 0 Å². The fourth-order valence-electron chi connectivity index (χ4n) is 3.69. The molecule has 7 unspecified atom stereocenters. The second kappa shape index (κ2) is 15.7. The van der Waals surface area contributed by atoms with Crippen LogP contribution >= 0.6 is 0 Å². The van der Waals surface area contributed by atoms with Crippen LogP contribution in [0.25, 0.3) is 0 Å². The molecule has 0 spiro atoms. The van der Waals surface area contributed by atoms with Crippen LogP contribution in [0.5, 0.6) is 0 Å². The predicted octanol–water partition coefficient (Wildman–Crippen LogP) is -3.18. The molecule has 0 saturated carbocycles. The molecule has 4 amide bonds. The van der Waals surface area contributed by atoms with Gasteiger partial charge >= 0.3 is 17.9 Å². The van der Waals surface area contributed by atoms with Gasteiger partial charge in [-0.3, -0.25) is 33.6 Å². The van der Waals surface area contributed by atoms with Crippen molar-refractivity contribution in [1.29, 1.82) is 0 Å². The van der Waals surface area contributed by atoms with E-state index in [0.29, 0.717) is 0 Å². The lowest BCUT2D eigenvalue weighted by Crippen LogP contribution is -2.55. The fraction of sp³-hybridized carbons (Fsp3) is 0.696. The average molecular weight is 577 g/mol. The van der Waals surface area contributed by atoms with Crippen LogP contribution in [0.3, 0.4) is 0 Å². The van der Waals surface area contributed by atoms with Crippen LogP contribution in [0, 0.1) is 0 Å². The molecule has 17 nitrogen and oxygen atoms in total. The van der Waals surface area contributed by atoms with Gasteiger partial charge in [-0.25, -0.2) is 0 Å². The van der Waals surface area contributed by atoms with E-state index in [9.17, 15) is 38.7 Å². The molecule has 1 aliphatic heterocycles. The van der Waals surface area contributed by atoms with Gasteiger partial charge in [-0.05, 0) is 20.3 Å². The molecular weight excluding hydrogens is 540 g/mol. The van der Waals surface area contributed by atoms with Crippen LogP contribution in [0.1, 0.15) is 47.5 Å². The minimum atomic E-state index is -1.66. The Morgan fingerprint density at radius 3 is 2.10 bits per heavy atom. The summed E-state index contributed by atoms with van der Waals surface area (Å²) in [7, 11) is 0. The number of ether oxygens (including phenoxy) is 4. The first-order valence-electron chi connectivity index (χ1n) is 12.2. The summed E-state index contributed by atoms with van der Waals surface area (Å²) >= 11 is 0. The van der Waals surface area contributed by atoms with Gasteiger partial charge in [-0.15, -0.1) is 0 Å². The first-order valence-corrected chi connectivity index (χ1v) is 12.2. The molecule has 8 atom stereocenters. The molecule has 1 aliphatic rings. The van der Waals surface area contributed by atoms with Gasteiger partial charge in [0.25, 0.3) is 0 Å². The first kappa shape index (κ1) is 34.2. The maximum atomic E-state index is 12.8. The van der Waals surface area contributed by atoms with Gasteiger partial charge in [-0.1, -0.05) is 0 Å². The van der Waals surface area contributed by atoms with E-state index >= 15 is 0 Å². The van der Waals surface area contributed by atoms with Crippen LogP contribution in [-0.2, 0) is 52.5 Å². The molecule has 1 saturated heterocycles. The molecule has 17 heteroatoms. The number of primary amides is 1. The number of nitrogens with one attached hydrogen (secondary N) is 3. The number of rotatable bonds is 15. The van der Waals surface area contributed by atoms with Crippen LogP contribution in [-0.4, -0.2) is 107 Å². The molecule has 226 valence electrons. The summed E-state index contributed by atoms with van der Waals surface area (Å²) in [4.78, 5) is 82.3. The van der Waals surface area contributed by atoms with Gasteiger partial charge in [0.15, 0.2) is 12.4 Å². The van der Waals surface area contributed by atoms with Crippen molar-refractivity contribution >= 4 is 41.5 Å². The Morgan fingerprint density at radius 1 is 0.975 bits per heavy atom. The number of esters is 2. The number of carboxylic acids is 1. The Morgan fingerprint density at radius 2 is 1.60 bits per heavy atom. The van der Waals surface area contributed by atoms with E-state index in [-0.39, 0.29) is 6.42 Å². The maximum Gasteiger partial charge on any atom is 0.303 e. The summed E-state index contributed by atoms with van der Waals surface area (Å²) in [6, 6.07) is -3.75. The second-order valence-corrected chi connectivity index (χ2v) is 9.04. The zero-order valence-corrected chi connectivity index (χ0v) is 22.7. The Labute approximate surface area is 229 Å². The van der Waals surface area contributed by atoms with Crippen molar-refractivity contribution in [2.24, 2.45) is 5.73 Å². The lowest BCUT2D eigenvalue weighted by Gasteiger charge is -2.30. The summed E-state index contributed by atoms with van der Waals surface area (Å²) in [5.41, 5.74) is 5.20. The van der Waals surface area contributed by atoms with Gasteiger partial charge in [-0.2, -0.15) is 0 Å². The zero-order valence-electron chi connectivity index (χ0n) is 22.7. The quantitative estimate of drug-likeness (QED) is 0.105. The van der Waals surface area contributed by atoms with E-state index in [1.165, 1.54) is 13.8 Å². The van der Waals surface area contributed by atoms with E-state index in [2.05, 4.69) is 16.0 Å². The predicted molar refractivity (Wildman–Crippen MR) is 131 cm³/mol. The highest BCUT2D eigenvalue weighted by molar-refractivity contribution is 5.92. The SMILES string of the molecule is CC(=O)NC1C(O)OC(C(COC(C)=O)OC(C)=O)C1OC(C)C(=O)N[C@@H](C)C(=O)NC(CCC(=O)O)C(N)=O. The second-order valence-electron chi connectivity index (χ2n) is 9.04. The highest BCUT2D eigenvalue weighted by Gasteiger charge is 2.51. The van der Waals surface area contributed by atoms with Gasteiger partial charge < -0.3 is 50.8 Å². The van der Waals surface area contributed by atoms with Gasteiger partial charge in [0.1, 0.15) is 43.0 Å². The number of carbonyl (C=O) groups excluding carboxylic acids is 6. The third kappa shape index (κ3) is 11.1. The van der Waals surface area contributed by atoms with Crippen molar-refractivity contribution in [2.45, 2.75) is 96.3 Å². The number of nitrogens with two attached hydrogens (primary N) is 1. The number of hydrogen-bond acceptors (Lipinski definition) is 12. The van der Waals surface area contributed by atoms with Crippen LogP contribution in [0.2, 0.25) is 0 Å². The summed E-state index contributed by atoms with van der Waals surface area (Å²) in [5, 5.41) is 26.3. The standard InChI is InChI=1S/C23H36N4O13/c1-9(21(34)27-14(20(24)33)6-7-16(31)32)25-22(35)10(2)38-19-17(26-11(3)28)23(36)40-18(19)15(39-13(5)30)8-37-12(4)29/h9-10,14-15,17-19,23,36H,6-8H2,1-5H3,(H2,24,33)(H,25,35)(H,26,28)(H,27,34)(H,31,32)/t9-,10?,14?,15?,17?,18?,19?,23?/m0/s1. The summed E-state index contributed by atoms with van der Waals surface area (Å²) in [6.45, 7) is 5.45. The fourth-order valence-corrected chi connectivity index (χ4v) is 3.69. The third-order valence-electron chi connectivity index (χ3n) is 5.58. The van der Waals surface area contributed by atoms with Gasteiger partial charge in [0.2, 0.25) is 23.6 Å². The van der Waals surface area contributed by atoms with Gasteiger partial charge in [0, 0.05) is 27.2 Å². The van der Waals surface area contributed by atoms with Crippen molar-refractivity contribution in [3.05, 3.63) is 0 Å². The Bertz CT molecular complexity index is 974. The third-order valence-corrected chi connectivity index (χ3v) is 5.58. The maximum absolute atomic E-state index is 12.8. The topological polar surface area (TPSA) is 259 Å². The number of aliphatic hydroxyl groups excluding tert-OH is 1. The highest BCUT2D eigenvalue weighted by atomic mass is 16.7. The molecule has 1 heterocycles. The Hall–Kier alpha value is -3.83. The van der Waals surface area contributed by atoms with Crippen molar-refractivity contribution < 1.29 is 62.7 Å². The van der Waals surface area contributed by atoms with E-state index in [1.54, 1.807) is 0 Å². The van der Waals surface area contributed by atoms with Crippen LogP contribution < -0.4 is 21.7 Å². The summed E-state index contributed by atoms with van der Waals surface area (Å²) in [6.07, 6.45) is -7.61. The van der Waals surface area contributed by atoms with Crippen molar-refractivity contribution in [2.75, 3.05) is 6.61 Å². The van der Waals surface area contributed by atoms with E-state index < -0.39 is 103 Å². The number of amides is 4. The van der Waals surface area contributed by atoms with Crippen molar-refractivity contribution in [1.82, 2.24) is 16.0 Å². The normalized spacial score (nSPS) is 23.1. The minimum Gasteiger partial charge on any atom is -0.481 e. The molecule has 0 aliphatic carbocycles. The molecule has 0 bridgehead atoms. The van der Waals surface area contributed by atoms with Crippen molar-refractivity contribution in [3.8, 4) is 0 Å². The molecule has 1 fully saturated rings. The lowest BCUT2D eigenvalue weighted by atomic mass is 10.0.